The first kappa shape index (κ1) is 25.7. The lowest BCUT2D eigenvalue weighted by Crippen LogP contribution is -2.29. The predicted molar refractivity (Wildman–Crippen MR) is 152 cm³/mol. The highest BCUT2D eigenvalue weighted by Crippen LogP contribution is 2.45. The number of rotatable bonds is 6. The van der Waals surface area contributed by atoms with Crippen LogP contribution in [-0.2, 0) is 16.0 Å². The minimum absolute atomic E-state index is 0.0500. The van der Waals surface area contributed by atoms with Gasteiger partial charge < -0.3 is 9.84 Å². The number of fused-ring (bicyclic) bond motifs is 1. The molecule has 4 aromatic rings. The van der Waals surface area contributed by atoms with E-state index in [0.717, 1.165) is 33.3 Å². The van der Waals surface area contributed by atoms with Gasteiger partial charge in [0, 0.05) is 5.56 Å². The van der Waals surface area contributed by atoms with Crippen LogP contribution in [0.3, 0.4) is 0 Å². The first-order valence-electron chi connectivity index (χ1n) is 12.7. The van der Waals surface area contributed by atoms with E-state index in [1.54, 1.807) is 19.2 Å². The van der Waals surface area contributed by atoms with Gasteiger partial charge in [-0.2, -0.15) is 0 Å². The molecule has 1 aliphatic heterocycles. The van der Waals surface area contributed by atoms with E-state index >= 15 is 0 Å². The molecule has 1 N–H and O–H groups in total. The lowest BCUT2D eigenvalue weighted by atomic mass is 9.92. The van der Waals surface area contributed by atoms with E-state index in [4.69, 9.17) is 9.72 Å². The zero-order valence-electron chi connectivity index (χ0n) is 22.1. The Labute approximate surface area is 226 Å². The topological polar surface area (TPSA) is 79.7 Å². The molecular weight excluding hydrogens is 496 g/mol. The average Bonchev–Trinajstić information content (AvgIpc) is 3.45. The molecule has 38 heavy (non-hydrogen) atoms. The summed E-state index contributed by atoms with van der Waals surface area (Å²) in [5.41, 5.74) is 5.06. The van der Waals surface area contributed by atoms with E-state index in [2.05, 4.69) is 13.0 Å². The number of Topliss-reactive ketones (excluding diaryl/α,β-unsaturated/α-hetero) is 1. The Bertz CT molecular complexity index is 1600. The van der Waals surface area contributed by atoms with Crippen LogP contribution in [0.5, 0.6) is 5.75 Å². The zero-order valence-corrected chi connectivity index (χ0v) is 22.9. The SMILES string of the molecule is CCc1ccc2nc(N3C(=O)C(=O)/C(=C(/O)c4ccc(OC)c(C(C)C)c4)C3c3cccc(C)c3)sc2c1. The third kappa shape index (κ3) is 4.37. The van der Waals surface area contributed by atoms with Gasteiger partial charge >= 0.3 is 5.91 Å². The van der Waals surface area contributed by atoms with Crippen LogP contribution >= 0.6 is 11.3 Å². The standard InChI is InChI=1S/C31H30N2O4S/c1-6-19-10-12-23-25(15-19)38-31(32-23)33-27(20-9-7-8-18(4)14-20)26(29(35)30(33)36)28(34)21-11-13-24(37-5)22(16-21)17(2)3/h7-17,27,34H,6H2,1-5H3/b28-26+. The van der Waals surface area contributed by atoms with Crippen molar-refractivity contribution in [3.8, 4) is 5.75 Å². The number of aliphatic hydroxyl groups is 1. The molecule has 1 saturated heterocycles. The van der Waals surface area contributed by atoms with Crippen molar-refractivity contribution in [2.24, 2.45) is 0 Å². The molecule has 0 aliphatic carbocycles. The molecule has 2 heterocycles. The number of carbonyl (C=O) groups excluding carboxylic acids is 2. The highest BCUT2D eigenvalue weighted by atomic mass is 32.1. The van der Waals surface area contributed by atoms with Crippen molar-refractivity contribution in [2.45, 2.75) is 46.1 Å². The maximum absolute atomic E-state index is 13.6. The van der Waals surface area contributed by atoms with Crippen LogP contribution in [0.25, 0.3) is 16.0 Å². The molecule has 0 spiro atoms. The monoisotopic (exact) mass is 526 g/mol. The first-order chi connectivity index (χ1) is 18.2. The minimum atomic E-state index is -0.814. The molecule has 0 bridgehead atoms. The summed E-state index contributed by atoms with van der Waals surface area (Å²) < 4.78 is 6.44. The lowest BCUT2D eigenvalue weighted by molar-refractivity contribution is -0.132. The maximum Gasteiger partial charge on any atom is 0.301 e. The van der Waals surface area contributed by atoms with Crippen molar-refractivity contribution in [2.75, 3.05) is 12.0 Å². The number of benzene rings is 3. The Kier molecular flexibility index (Phi) is 6.80. The molecule has 1 amide bonds. The number of aliphatic hydroxyl groups excluding tert-OH is 1. The zero-order chi connectivity index (χ0) is 27.1. The minimum Gasteiger partial charge on any atom is -0.507 e. The number of nitrogens with zero attached hydrogens (tertiary/aromatic N) is 2. The first-order valence-corrected chi connectivity index (χ1v) is 13.5. The average molecular weight is 527 g/mol. The van der Waals surface area contributed by atoms with Crippen LogP contribution in [0.15, 0.2) is 66.2 Å². The lowest BCUT2D eigenvalue weighted by Gasteiger charge is -2.23. The van der Waals surface area contributed by atoms with Crippen LogP contribution in [-0.4, -0.2) is 28.9 Å². The van der Waals surface area contributed by atoms with Crippen LogP contribution < -0.4 is 9.64 Å². The van der Waals surface area contributed by atoms with Crippen LogP contribution in [0.1, 0.15) is 60.5 Å². The van der Waals surface area contributed by atoms with Gasteiger partial charge in [0.15, 0.2) is 5.13 Å². The number of hydrogen-bond donors (Lipinski definition) is 1. The summed E-state index contributed by atoms with van der Waals surface area (Å²) in [5.74, 6) is -0.817. The van der Waals surface area contributed by atoms with Gasteiger partial charge in [-0.25, -0.2) is 4.98 Å². The molecule has 7 heteroatoms. The Morgan fingerprint density at radius 1 is 1.11 bits per heavy atom. The fourth-order valence-corrected chi connectivity index (χ4v) is 6.01. The summed E-state index contributed by atoms with van der Waals surface area (Å²) in [7, 11) is 1.60. The quantitative estimate of drug-likeness (QED) is 0.167. The van der Waals surface area contributed by atoms with Gasteiger partial charge in [-0.15, -0.1) is 0 Å². The summed E-state index contributed by atoms with van der Waals surface area (Å²) in [4.78, 5) is 33.3. The van der Waals surface area contributed by atoms with Gasteiger partial charge in [0.05, 0.1) is 28.9 Å². The van der Waals surface area contributed by atoms with Gasteiger partial charge in [0.25, 0.3) is 5.78 Å². The molecule has 1 unspecified atom stereocenters. The number of aryl methyl sites for hydroxylation is 2. The molecule has 194 valence electrons. The van der Waals surface area contributed by atoms with Gasteiger partial charge in [-0.1, -0.05) is 68.0 Å². The summed E-state index contributed by atoms with van der Waals surface area (Å²) in [6, 6.07) is 18.2. The highest BCUT2D eigenvalue weighted by Gasteiger charge is 2.48. The number of anilines is 1. The van der Waals surface area contributed by atoms with Gasteiger partial charge in [0.1, 0.15) is 11.5 Å². The number of ether oxygens (including phenoxy) is 1. The Balaban J connectivity index is 1.72. The van der Waals surface area contributed by atoms with E-state index in [1.165, 1.54) is 21.8 Å². The molecule has 1 aromatic heterocycles. The Morgan fingerprint density at radius 2 is 1.89 bits per heavy atom. The summed E-state index contributed by atoms with van der Waals surface area (Å²) >= 11 is 1.37. The number of amides is 1. The number of carbonyl (C=O) groups is 2. The number of ketones is 1. The van der Waals surface area contributed by atoms with Gasteiger partial charge in [-0.05, 0) is 66.3 Å². The van der Waals surface area contributed by atoms with Crippen molar-refractivity contribution in [1.29, 1.82) is 0 Å². The number of hydrogen-bond acceptors (Lipinski definition) is 6. The predicted octanol–water partition coefficient (Wildman–Crippen LogP) is 6.93. The van der Waals surface area contributed by atoms with Crippen molar-refractivity contribution in [3.63, 3.8) is 0 Å². The molecular formula is C31H30N2O4S. The largest absolute Gasteiger partial charge is 0.507 e. The number of methoxy groups -OCH3 is 1. The Morgan fingerprint density at radius 3 is 2.58 bits per heavy atom. The fourth-order valence-electron chi connectivity index (χ4n) is 4.95. The van der Waals surface area contributed by atoms with Crippen molar-refractivity contribution >= 4 is 44.1 Å². The van der Waals surface area contributed by atoms with E-state index in [0.29, 0.717) is 16.4 Å². The molecule has 5 rings (SSSR count). The normalized spacial score (nSPS) is 17.1. The molecule has 6 nitrogen and oxygen atoms in total. The highest BCUT2D eigenvalue weighted by molar-refractivity contribution is 7.22. The molecule has 1 aliphatic rings. The van der Waals surface area contributed by atoms with Crippen LogP contribution in [0.4, 0.5) is 5.13 Å². The van der Waals surface area contributed by atoms with Gasteiger partial charge in [0.2, 0.25) is 0 Å². The number of aromatic nitrogens is 1. The fraction of sp³-hybridized carbons (Fsp3) is 0.258. The van der Waals surface area contributed by atoms with Gasteiger partial charge in [-0.3, -0.25) is 14.5 Å². The van der Waals surface area contributed by atoms with E-state index in [-0.39, 0.29) is 17.3 Å². The molecule has 1 atom stereocenters. The molecule has 0 radical (unpaired) electrons. The third-order valence-corrected chi connectivity index (χ3v) is 8.00. The second-order valence-corrected chi connectivity index (χ2v) is 10.9. The second kappa shape index (κ2) is 10.1. The third-order valence-electron chi connectivity index (χ3n) is 6.98. The number of thiazole rings is 1. The van der Waals surface area contributed by atoms with Crippen LogP contribution in [0.2, 0.25) is 0 Å². The van der Waals surface area contributed by atoms with Crippen molar-refractivity contribution in [1.82, 2.24) is 4.98 Å². The van der Waals surface area contributed by atoms with Crippen molar-refractivity contribution in [3.05, 3.63) is 94.1 Å². The van der Waals surface area contributed by atoms with E-state index in [1.807, 2.05) is 63.2 Å². The van der Waals surface area contributed by atoms with Crippen molar-refractivity contribution < 1.29 is 19.4 Å². The maximum atomic E-state index is 13.6. The van der Waals surface area contributed by atoms with Crippen LogP contribution in [0, 0.1) is 6.92 Å². The van der Waals surface area contributed by atoms with E-state index < -0.39 is 17.7 Å². The summed E-state index contributed by atoms with van der Waals surface area (Å²) in [6.45, 7) is 8.11. The molecule has 3 aromatic carbocycles. The summed E-state index contributed by atoms with van der Waals surface area (Å²) in [5, 5.41) is 12.0. The second-order valence-electron chi connectivity index (χ2n) is 9.85. The summed E-state index contributed by atoms with van der Waals surface area (Å²) in [6.07, 6.45) is 0.886. The Hall–Kier alpha value is -3.97. The molecule has 0 saturated carbocycles. The molecule has 1 fully saturated rings. The van der Waals surface area contributed by atoms with E-state index in [9.17, 15) is 14.7 Å². The smallest absolute Gasteiger partial charge is 0.301 e.